The first-order chi connectivity index (χ1) is 11.8. The summed E-state index contributed by atoms with van der Waals surface area (Å²) < 4.78 is 5.23. The first kappa shape index (κ1) is 18.3. The minimum absolute atomic E-state index is 0.193. The van der Waals surface area contributed by atoms with Crippen molar-refractivity contribution >= 4 is 23.5 Å². The molecule has 1 heterocycles. The molecule has 0 bridgehead atoms. The fraction of sp³-hybridized carbons (Fsp3) is 0.333. The number of thioether (sulfide) groups is 1. The van der Waals surface area contributed by atoms with E-state index in [1.165, 1.54) is 0 Å². The first-order valence-corrected chi connectivity index (χ1v) is 9.02. The van der Waals surface area contributed by atoms with E-state index in [1.54, 1.807) is 18.0 Å². The van der Waals surface area contributed by atoms with Gasteiger partial charge in [-0.15, -0.1) is 11.8 Å². The van der Waals surface area contributed by atoms with Crippen LogP contribution in [0.2, 0.25) is 0 Å². The predicted molar refractivity (Wildman–Crippen MR) is 98.4 cm³/mol. The second-order valence-electron chi connectivity index (χ2n) is 5.09. The van der Waals surface area contributed by atoms with Gasteiger partial charge in [0.05, 0.1) is 5.03 Å². The third-order valence-electron chi connectivity index (χ3n) is 3.16. The van der Waals surface area contributed by atoms with Gasteiger partial charge in [-0.3, -0.25) is 0 Å². The topological polar surface area (TPSA) is 63.2 Å². The lowest BCUT2D eigenvalue weighted by molar-refractivity contribution is 0.145. The summed E-state index contributed by atoms with van der Waals surface area (Å²) in [5.74, 6) is 0.808. The summed E-state index contributed by atoms with van der Waals surface area (Å²) in [6.45, 7) is 3.92. The fourth-order valence-electron chi connectivity index (χ4n) is 2.02. The zero-order valence-corrected chi connectivity index (χ0v) is 14.6. The van der Waals surface area contributed by atoms with Crippen molar-refractivity contribution in [1.82, 2.24) is 10.3 Å². The number of hydrogen-bond acceptors (Lipinski definition) is 4. The molecular formula is C18H23N3O2S. The Hall–Kier alpha value is -2.05. The van der Waals surface area contributed by atoms with Crippen LogP contribution in [-0.2, 0) is 10.5 Å². The van der Waals surface area contributed by atoms with E-state index >= 15 is 0 Å². The van der Waals surface area contributed by atoms with Gasteiger partial charge in [0.15, 0.2) is 0 Å². The molecule has 0 radical (unpaired) electrons. The number of aromatic nitrogens is 1. The van der Waals surface area contributed by atoms with Crippen LogP contribution in [0.5, 0.6) is 0 Å². The number of benzene rings is 1. The van der Waals surface area contributed by atoms with Gasteiger partial charge in [-0.1, -0.05) is 18.2 Å². The number of ether oxygens (including phenoxy) is 1. The Labute approximate surface area is 147 Å². The summed E-state index contributed by atoms with van der Waals surface area (Å²) in [6, 6.07) is 13.5. The number of urea groups is 1. The lowest BCUT2D eigenvalue weighted by atomic mass is 10.2. The van der Waals surface area contributed by atoms with Crippen molar-refractivity contribution in [3.8, 4) is 0 Å². The van der Waals surface area contributed by atoms with Crippen molar-refractivity contribution in [1.29, 1.82) is 0 Å². The molecule has 1 aromatic carbocycles. The molecule has 1 aromatic heterocycles. The third kappa shape index (κ3) is 7.02. The van der Waals surface area contributed by atoms with Gasteiger partial charge in [-0.25, -0.2) is 9.78 Å². The minimum Gasteiger partial charge on any atom is -0.382 e. The number of rotatable bonds is 9. The number of pyridine rings is 1. The lowest BCUT2D eigenvalue weighted by Gasteiger charge is -2.09. The predicted octanol–water partition coefficient (Wildman–Crippen LogP) is 3.92. The number of hydrogen-bond donors (Lipinski definition) is 2. The highest BCUT2D eigenvalue weighted by Crippen LogP contribution is 2.21. The number of anilines is 1. The molecule has 0 saturated heterocycles. The van der Waals surface area contributed by atoms with Crippen LogP contribution in [0.25, 0.3) is 0 Å². The highest BCUT2D eigenvalue weighted by Gasteiger charge is 2.03. The standard InChI is InChI=1S/C18H23N3O2S/c1-2-23-12-6-11-20-18(22)21-16-8-5-7-15(13-16)14-24-17-9-3-4-10-19-17/h3-5,7-10,13H,2,6,11-12,14H2,1H3,(H2,20,21,22). The molecule has 2 rings (SSSR count). The number of nitrogens with one attached hydrogen (secondary N) is 2. The van der Waals surface area contributed by atoms with Crippen molar-refractivity contribution in [2.75, 3.05) is 25.1 Å². The molecule has 2 N–H and O–H groups in total. The van der Waals surface area contributed by atoms with E-state index in [4.69, 9.17) is 4.74 Å². The van der Waals surface area contributed by atoms with Crippen LogP contribution in [0.15, 0.2) is 53.7 Å². The smallest absolute Gasteiger partial charge is 0.319 e. The summed E-state index contributed by atoms with van der Waals surface area (Å²) in [6.07, 6.45) is 2.60. The summed E-state index contributed by atoms with van der Waals surface area (Å²) in [7, 11) is 0. The molecule has 0 aliphatic rings. The van der Waals surface area contributed by atoms with E-state index < -0.39 is 0 Å². The molecule has 24 heavy (non-hydrogen) atoms. The Morgan fingerprint density at radius 2 is 2.17 bits per heavy atom. The van der Waals surface area contributed by atoms with Crippen LogP contribution in [-0.4, -0.2) is 30.8 Å². The van der Waals surface area contributed by atoms with E-state index in [9.17, 15) is 4.79 Å². The van der Waals surface area contributed by atoms with Crippen LogP contribution in [0.3, 0.4) is 0 Å². The van der Waals surface area contributed by atoms with Gasteiger partial charge < -0.3 is 15.4 Å². The Morgan fingerprint density at radius 3 is 2.96 bits per heavy atom. The average molecular weight is 345 g/mol. The van der Waals surface area contributed by atoms with E-state index in [0.29, 0.717) is 19.8 Å². The maximum Gasteiger partial charge on any atom is 0.319 e. The largest absolute Gasteiger partial charge is 0.382 e. The lowest BCUT2D eigenvalue weighted by Crippen LogP contribution is -2.30. The molecule has 0 atom stereocenters. The van der Waals surface area contributed by atoms with Crippen LogP contribution >= 0.6 is 11.8 Å². The maximum atomic E-state index is 11.9. The zero-order chi connectivity index (χ0) is 17.0. The van der Waals surface area contributed by atoms with E-state index in [-0.39, 0.29) is 6.03 Å². The summed E-state index contributed by atoms with van der Waals surface area (Å²) in [5.41, 5.74) is 1.93. The number of nitrogens with zero attached hydrogens (tertiary/aromatic N) is 1. The summed E-state index contributed by atoms with van der Waals surface area (Å²) >= 11 is 1.67. The Morgan fingerprint density at radius 1 is 1.25 bits per heavy atom. The van der Waals surface area contributed by atoms with Gasteiger partial charge in [0.25, 0.3) is 0 Å². The van der Waals surface area contributed by atoms with Crippen molar-refractivity contribution in [2.24, 2.45) is 0 Å². The zero-order valence-electron chi connectivity index (χ0n) is 13.8. The van der Waals surface area contributed by atoms with E-state index in [2.05, 4.69) is 15.6 Å². The molecular weight excluding hydrogens is 322 g/mol. The van der Waals surface area contributed by atoms with Crippen molar-refractivity contribution in [3.63, 3.8) is 0 Å². The molecule has 0 unspecified atom stereocenters. The summed E-state index contributed by atoms with van der Waals surface area (Å²) in [4.78, 5) is 16.2. The number of amides is 2. The molecule has 5 nitrogen and oxygen atoms in total. The molecule has 2 aromatic rings. The van der Waals surface area contributed by atoms with Crippen molar-refractivity contribution in [3.05, 3.63) is 54.2 Å². The van der Waals surface area contributed by atoms with Gasteiger partial charge in [0, 0.05) is 37.4 Å². The molecule has 128 valence electrons. The van der Waals surface area contributed by atoms with Crippen molar-refractivity contribution < 1.29 is 9.53 Å². The molecule has 0 spiro atoms. The van der Waals surface area contributed by atoms with Gasteiger partial charge in [0.2, 0.25) is 0 Å². The normalized spacial score (nSPS) is 10.4. The number of carbonyl (C=O) groups excluding carboxylic acids is 1. The van der Waals surface area contributed by atoms with Crippen LogP contribution in [0, 0.1) is 0 Å². The Kier molecular flexibility index (Phi) is 8.13. The molecule has 0 saturated carbocycles. The molecule has 2 amide bonds. The van der Waals surface area contributed by atoms with Gasteiger partial charge in [-0.2, -0.15) is 0 Å². The quantitative estimate of drug-likeness (QED) is 0.534. The van der Waals surface area contributed by atoms with E-state index in [1.807, 2.05) is 49.4 Å². The fourth-order valence-corrected chi connectivity index (χ4v) is 2.83. The molecule has 0 fully saturated rings. The average Bonchev–Trinajstić information content (AvgIpc) is 2.61. The monoisotopic (exact) mass is 345 g/mol. The summed E-state index contributed by atoms with van der Waals surface area (Å²) in [5, 5.41) is 6.67. The molecule has 0 aliphatic heterocycles. The third-order valence-corrected chi connectivity index (χ3v) is 4.18. The Balaban J connectivity index is 1.76. The van der Waals surface area contributed by atoms with E-state index in [0.717, 1.165) is 28.5 Å². The van der Waals surface area contributed by atoms with Gasteiger partial charge in [0.1, 0.15) is 0 Å². The maximum absolute atomic E-state index is 11.9. The van der Waals surface area contributed by atoms with Gasteiger partial charge >= 0.3 is 6.03 Å². The minimum atomic E-state index is -0.193. The number of carbonyl (C=O) groups is 1. The molecule has 0 aliphatic carbocycles. The van der Waals surface area contributed by atoms with Crippen molar-refractivity contribution in [2.45, 2.75) is 24.1 Å². The second-order valence-corrected chi connectivity index (χ2v) is 6.08. The van der Waals surface area contributed by atoms with Crippen LogP contribution in [0.1, 0.15) is 18.9 Å². The highest BCUT2D eigenvalue weighted by molar-refractivity contribution is 7.98. The SMILES string of the molecule is CCOCCCNC(=O)Nc1cccc(CSc2ccccn2)c1. The first-order valence-electron chi connectivity index (χ1n) is 8.03. The van der Waals surface area contributed by atoms with Crippen LogP contribution in [0.4, 0.5) is 10.5 Å². The molecule has 6 heteroatoms. The second kappa shape index (κ2) is 10.7. The van der Waals surface area contributed by atoms with Crippen LogP contribution < -0.4 is 10.6 Å². The highest BCUT2D eigenvalue weighted by atomic mass is 32.2. The Bertz CT molecular complexity index is 623. The van der Waals surface area contributed by atoms with Gasteiger partial charge in [-0.05, 0) is 43.2 Å².